The van der Waals surface area contributed by atoms with Gasteiger partial charge < -0.3 is 14.2 Å². The summed E-state index contributed by atoms with van der Waals surface area (Å²) < 4.78 is 37.9. The molecule has 2 heterocycles. The summed E-state index contributed by atoms with van der Waals surface area (Å²) in [7, 11) is 1.26. The molecule has 1 aromatic heterocycles. The molecule has 0 spiro atoms. The van der Waals surface area contributed by atoms with Crippen LogP contribution < -0.4 is 5.56 Å². The first-order chi connectivity index (χ1) is 12.0. The molecule has 1 aliphatic heterocycles. The van der Waals surface area contributed by atoms with Crippen LogP contribution in [0.4, 0.5) is 13.6 Å². The van der Waals surface area contributed by atoms with Crippen LogP contribution in [0.5, 0.6) is 0 Å². The lowest BCUT2D eigenvalue weighted by atomic mass is 9.86. The quantitative estimate of drug-likeness (QED) is 0.922. The molecule has 6 nitrogen and oxygen atoms in total. The van der Waals surface area contributed by atoms with E-state index in [4.69, 9.17) is 9.26 Å². The first-order valence-electron chi connectivity index (χ1n) is 7.95. The Bertz CT molecular complexity index is 797. The van der Waals surface area contributed by atoms with Crippen molar-refractivity contribution in [2.75, 3.05) is 13.7 Å². The van der Waals surface area contributed by atoms with Gasteiger partial charge in [-0.15, -0.1) is 0 Å². The van der Waals surface area contributed by atoms with E-state index in [1.54, 1.807) is 0 Å². The molecule has 25 heavy (non-hydrogen) atoms. The lowest BCUT2D eigenvalue weighted by Gasteiger charge is -2.38. The fourth-order valence-corrected chi connectivity index (χ4v) is 3.32. The number of halogens is 2. The minimum atomic E-state index is -0.653. The monoisotopic (exact) mass is 352 g/mol. The third-order valence-electron chi connectivity index (χ3n) is 4.57. The number of carbonyl (C=O) groups excluding carboxylic acids is 1. The number of rotatable bonds is 3. The van der Waals surface area contributed by atoms with Gasteiger partial charge in [0.15, 0.2) is 0 Å². The molecule has 8 heteroatoms. The van der Waals surface area contributed by atoms with E-state index in [1.807, 2.05) is 0 Å². The van der Waals surface area contributed by atoms with E-state index in [0.29, 0.717) is 25.1 Å². The van der Waals surface area contributed by atoms with E-state index < -0.39 is 23.8 Å². The van der Waals surface area contributed by atoms with Crippen LogP contribution in [0.2, 0.25) is 0 Å². The summed E-state index contributed by atoms with van der Waals surface area (Å²) in [5.74, 6) is -0.951. The second-order valence-corrected chi connectivity index (χ2v) is 6.06. The average Bonchev–Trinajstić information content (AvgIpc) is 3.04. The van der Waals surface area contributed by atoms with Crippen LogP contribution in [0.1, 0.15) is 30.1 Å². The Morgan fingerprint density at radius 3 is 2.72 bits per heavy atom. The lowest BCUT2D eigenvalue weighted by molar-refractivity contribution is 0.0811. The highest BCUT2D eigenvalue weighted by Gasteiger charge is 2.35. The van der Waals surface area contributed by atoms with Crippen LogP contribution >= 0.6 is 0 Å². The first kappa shape index (κ1) is 17.2. The van der Waals surface area contributed by atoms with E-state index in [1.165, 1.54) is 36.3 Å². The largest absolute Gasteiger partial charge is 0.453 e. The number of likely N-dealkylation sites (tertiary alicyclic amines) is 1. The number of benzene rings is 1. The number of aromatic amines is 1. The van der Waals surface area contributed by atoms with Crippen molar-refractivity contribution in [3.05, 3.63) is 57.6 Å². The highest BCUT2D eigenvalue weighted by atomic mass is 19.1. The molecule has 0 bridgehead atoms. The fraction of sp³-hybridized carbons (Fsp3) is 0.412. The number of carbonyl (C=O) groups is 1. The van der Waals surface area contributed by atoms with Gasteiger partial charge in [-0.3, -0.25) is 4.79 Å². The third-order valence-corrected chi connectivity index (χ3v) is 4.57. The highest BCUT2D eigenvalue weighted by molar-refractivity contribution is 5.68. The van der Waals surface area contributed by atoms with E-state index in [-0.39, 0.29) is 23.5 Å². The molecule has 1 aliphatic rings. The van der Waals surface area contributed by atoms with Crippen molar-refractivity contribution in [3.8, 4) is 0 Å². The summed E-state index contributed by atoms with van der Waals surface area (Å²) in [6.45, 7) is 0.340. The molecular weight excluding hydrogens is 334 g/mol. The van der Waals surface area contributed by atoms with E-state index in [9.17, 15) is 18.4 Å². The molecule has 3 rings (SSSR count). The molecule has 0 aliphatic carbocycles. The minimum absolute atomic E-state index is 0.0127. The van der Waals surface area contributed by atoms with Crippen molar-refractivity contribution in [1.29, 1.82) is 0 Å². The summed E-state index contributed by atoms with van der Waals surface area (Å²) in [6, 6.07) is 4.56. The zero-order valence-corrected chi connectivity index (χ0v) is 13.6. The van der Waals surface area contributed by atoms with Crippen molar-refractivity contribution in [2.45, 2.75) is 31.2 Å². The zero-order chi connectivity index (χ0) is 18.0. The predicted octanol–water partition coefficient (Wildman–Crippen LogP) is 2.80. The average molecular weight is 352 g/mol. The molecule has 1 saturated heterocycles. The summed E-state index contributed by atoms with van der Waals surface area (Å²) in [5, 5.41) is 2.24. The number of aromatic nitrogens is 1. The third kappa shape index (κ3) is 3.57. The van der Waals surface area contributed by atoms with Crippen LogP contribution in [0.25, 0.3) is 0 Å². The predicted molar refractivity (Wildman–Crippen MR) is 84.3 cm³/mol. The fourth-order valence-electron chi connectivity index (χ4n) is 3.32. The second kappa shape index (κ2) is 7.08. The van der Waals surface area contributed by atoms with E-state index in [2.05, 4.69) is 5.16 Å². The summed E-state index contributed by atoms with van der Waals surface area (Å²) >= 11 is 0. The van der Waals surface area contributed by atoms with Gasteiger partial charge >= 0.3 is 6.09 Å². The van der Waals surface area contributed by atoms with Crippen LogP contribution in [0.15, 0.2) is 33.6 Å². The maximum atomic E-state index is 14.0. The summed E-state index contributed by atoms with van der Waals surface area (Å²) in [6.07, 6.45) is 0.435. The number of nitrogens with one attached hydrogen (secondary N) is 1. The maximum absolute atomic E-state index is 14.0. The molecule has 0 unspecified atom stereocenters. The van der Waals surface area contributed by atoms with Gasteiger partial charge in [0, 0.05) is 30.1 Å². The van der Waals surface area contributed by atoms with Gasteiger partial charge in [0.05, 0.1) is 7.11 Å². The molecule has 134 valence electrons. The number of hydrogen-bond acceptors (Lipinski definition) is 4. The van der Waals surface area contributed by atoms with Crippen LogP contribution in [-0.4, -0.2) is 35.8 Å². The van der Waals surface area contributed by atoms with Crippen molar-refractivity contribution in [3.63, 3.8) is 0 Å². The van der Waals surface area contributed by atoms with Gasteiger partial charge in [0.25, 0.3) is 5.56 Å². The van der Waals surface area contributed by atoms with Gasteiger partial charge in [-0.1, -0.05) is 6.07 Å². The maximum Gasteiger partial charge on any atom is 0.409 e. The second-order valence-electron chi connectivity index (χ2n) is 6.06. The standard InChI is InChI=1S/C17H18F2N2O4/c1-24-17(23)21-6-5-10(15-9-16(22)20-25-15)7-11(21)8-12-13(18)3-2-4-14(12)19/h2-4,9-11H,5-8H2,1H3,(H,20,22)/t10-,11+/m0/s1. The van der Waals surface area contributed by atoms with Crippen molar-refractivity contribution in [1.82, 2.24) is 10.1 Å². The molecule has 2 aromatic rings. The van der Waals surface area contributed by atoms with Crippen molar-refractivity contribution < 1.29 is 22.8 Å². The molecule has 1 aromatic carbocycles. The van der Waals surface area contributed by atoms with Crippen molar-refractivity contribution >= 4 is 6.09 Å². The lowest BCUT2D eigenvalue weighted by Crippen LogP contribution is -2.46. The topological polar surface area (TPSA) is 75.5 Å². The number of ether oxygens (including phenoxy) is 1. The van der Waals surface area contributed by atoms with Crippen LogP contribution in [0.3, 0.4) is 0 Å². The Hall–Kier alpha value is -2.64. The number of amides is 1. The molecule has 0 saturated carbocycles. The highest BCUT2D eigenvalue weighted by Crippen LogP contribution is 2.33. The first-order valence-corrected chi connectivity index (χ1v) is 7.95. The van der Waals surface area contributed by atoms with Crippen LogP contribution in [-0.2, 0) is 11.2 Å². The smallest absolute Gasteiger partial charge is 0.409 e. The number of methoxy groups -OCH3 is 1. The van der Waals surface area contributed by atoms with Gasteiger partial charge in [0.1, 0.15) is 17.4 Å². The van der Waals surface area contributed by atoms with E-state index >= 15 is 0 Å². The van der Waals surface area contributed by atoms with Crippen molar-refractivity contribution in [2.24, 2.45) is 0 Å². The Balaban J connectivity index is 1.86. The number of nitrogens with zero attached hydrogens (tertiary/aromatic N) is 1. The molecule has 2 atom stereocenters. The number of hydrogen-bond donors (Lipinski definition) is 1. The molecule has 0 radical (unpaired) electrons. The Morgan fingerprint density at radius 1 is 1.40 bits per heavy atom. The SMILES string of the molecule is COC(=O)N1CC[C@H](c2cc(=O)[nH]o2)C[C@@H]1Cc1c(F)cccc1F. The zero-order valence-electron chi connectivity index (χ0n) is 13.6. The molecular formula is C17H18F2N2O4. The number of piperidine rings is 1. The summed E-state index contributed by atoms with van der Waals surface area (Å²) in [4.78, 5) is 24.8. The Labute approximate surface area is 142 Å². The van der Waals surface area contributed by atoms with Gasteiger partial charge in [-0.2, -0.15) is 5.16 Å². The van der Waals surface area contributed by atoms with Gasteiger partial charge in [0.2, 0.25) is 0 Å². The normalized spacial score (nSPS) is 20.5. The van der Waals surface area contributed by atoms with Gasteiger partial charge in [-0.05, 0) is 31.4 Å². The minimum Gasteiger partial charge on any atom is -0.453 e. The molecule has 1 amide bonds. The van der Waals surface area contributed by atoms with E-state index in [0.717, 1.165) is 0 Å². The summed E-state index contributed by atoms with van der Waals surface area (Å²) in [5.41, 5.74) is -0.417. The van der Waals surface area contributed by atoms with Gasteiger partial charge in [-0.25, -0.2) is 13.6 Å². The van der Waals surface area contributed by atoms with Crippen LogP contribution in [0, 0.1) is 11.6 Å². The molecule has 1 fully saturated rings. The Morgan fingerprint density at radius 2 is 2.12 bits per heavy atom. The Kier molecular flexibility index (Phi) is 4.87. The molecule has 1 N–H and O–H groups in total. The number of H-pyrrole nitrogens is 1.